The normalized spacial score (nSPS) is 15.9. The van der Waals surface area contributed by atoms with Crippen LogP contribution in [0.15, 0.2) is 12.2 Å². The fraction of sp³-hybridized carbons (Fsp3) is 0.556. The van der Waals surface area contributed by atoms with E-state index in [1.807, 2.05) is 0 Å². The summed E-state index contributed by atoms with van der Waals surface area (Å²) in [5.74, 6) is 0.368. The standard InChI is InChI=1S/C9H12NO2S/c11-8-4-5-9(12)10(8)6-2-1-3-7-13/h4-5H,1-3,6-7H2. The summed E-state index contributed by atoms with van der Waals surface area (Å²) in [5, 5.41) is 0. The van der Waals surface area contributed by atoms with Crippen molar-refractivity contribution in [3.05, 3.63) is 12.2 Å². The van der Waals surface area contributed by atoms with Gasteiger partial charge in [0.2, 0.25) is 0 Å². The fourth-order valence-corrected chi connectivity index (χ4v) is 1.40. The molecular weight excluding hydrogens is 186 g/mol. The summed E-state index contributed by atoms with van der Waals surface area (Å²) in [5.41, 5.74) is 0. The summed E-state index contributed by atoms with van der Waals surface area (Å²) in [6.45, 7) is 0.528. The third-order valence-corrected chi connectivity index (χ3v) is 2.22. The van der Waals surface area contributed by atoms with Gasteiger partial charge in [-0.2, -0.15) is 0 Å². The molecular formula is C9H12NO2S. The van der Waals surface area contributed by atoms with Crippen molar-refractivity contribution in [2.75, 3.05) is 12.3 Å². The van der Waals surface area contributed by atoms with E-state index in [4.69, 9.17) is 12.6 Å². The quantitative estimate of drug-likeness (QED) is 0.493. The second-order valence-electron chi connectivity index (χ2n) is 2.93. The zero-order valence-electron chi connectivity index (χ0n) is 7.36. The fourth-order valence-electron chi connectivity index (χ4n) is 1.20. The third-order valence-electron chi connectivity index (χ3n) is 1.93. The number of imide groups is 1. The van der Waals surface area contributed by atoms with Crippen LogP contribution in [0, 0.1) is 0 Å². The van der Waals surface area contributed by atoms with E-state index in [2.05, 4.69) is 0 Å². The highest BCUT2D eigenvalue weighted by Crippen LogP contribution is 2.06. The second kappa shape index (κ2) is 5.07. The molecule has 0 aromatic rings. The lowest BCUT2D eigenvalue weighted by atomic mass is 10.2. The van der Waals surface area contributed by atoms with Gasteiger partial charge in [-0.25, -0.2) is 0 Å². The average Bonchev–Trinajstić information content (AvgIpc) is 2.42. The molecule has 0 aromatic heterocycles. The van der Waals surface area contributed by atoms with E-state index < -0.39 is 0 Å². The first-order valence-corrected chi connectivity index (χ1v) is 4.95. The lowest BCUT2D eigenvalue weighted by molar-refractivity contribution is -0.136. The Morgan fingerprint density at radius 2 is 1.69 bits per heavy atom. The molecule has 0 bridgehead atoms. The Kier molecular flexibility index (Phi) is 4.02. The van der Waals surface area contributed by atoms with Gasteiger partial charge in [0.1, 0.15) is 0 Å². The summed E-state index contributed by atoms with van der Waals surface area (Å²) in [7, 11) is 0. The van der Waals surface area contributed by atoms with Gasteiger partial charge in [-0.15, -0.1) is 0 Å². The van der Waals surface area contributed by atoms with Crippen LogP contribution >= 0.6 is 12.6 Å². The lowest BCUT2D eigenvalue weighted by Crippen LogP contribution is -2.30. The number of nitrogens with zero attached hydrogens (tertiary/aromatic N) is 1. The van der Waals surface area contributed by atoms with Crippen molar-refractivity contribution in [1.29, 1.82) is 0 Å². The minimum atomic E-state index is -0.191. The van der Waals surface area contributed by atoms with Crippen LogP contribution in [-0.4, -0.2) is 29.0 Å². The maximum atomic E-state index is 11.0. The van der Waals surface area contributed by atoms with Gasteiger partial charge in [-0.05, 0) is 12.8 Å². The van der Waals surface area contributed by atoms with E-state index in [0.717, 1.165) is 25.0 Å². The molecule has 13 heavy (non-hydrogen) atoms. The van der Waals surface area contributed by atoms with E-state index in [1.54, 1.807) is 0 Å². The maximum Gasteiger partial charge on any atom is 0.253 e. The van der Waals surface area contributed by atoms with Crippen LogP contribution in [0.5, 0.6) is 0 Å². The largest absolute Gasteiger partial charge is 0.275 e. The highest BCUT2D eigenvalue weighted by molar-refractivity contribution is 7.80. The third kappa shape index (κ3) is 2.88. The Bertz CT molecular complexity index is 220. The molecule has 4 heteroatoms. The average molecular weight is 198 g/mol. The monoisotopic (exact) mass is 198 g/mol. The molecule has 1 aliphatic heterocycles. The molecule has 1 aliphatic rings. The molecule has 2 amide bonds. The molecule has 3 nitrogen and oxygen atoms in total. The van der Waals surface area contributed by atoms with Gasteiger partial charge < -0.3 is 0 Å². The van der Waals surface area contributed by atoms with Crippen molar-refractivity contribution >= 4 is 24.4 Å². The first-order chi connectivity index (χ1) is 6.25. The van der Waals surface area contributed by atoms with Crippen LogP contribution in [0.3, 0.4) is 0 Å². The van der Waals surface area contributed by atoms with Crippen LogP contribution in [0.2, 0.25) is 0 Å². The summed E-state index contributed by atoms with van der Waals surface area (Å²) >= 11 is 4.79. The minimum absolute atomic E-state index is 0.191. The van der Waals surface area contributed by atoms with Crippen molar-refractivity contribution in [2.24, 2.45) is 0 Å². The van der Waals surface area contributed by atoms with Gasteiger partial charge in [0, 0.05) is 24.4 Å². The molecule has 71 valence electrons. The Morgan fingerprint density at radius 3 is 2.23 bits per heavy atom. The molecule has 0 atom stereocenters. The number of carbonyl (C=O) groups is 2. The lowest BCUT2D eigenvalue weighted by Gasteiger charge is -2.12. The SMILES string of the molecule is O=C1C=CC(=O)N1CCCCC[S]. The molecule has 0 aliphatic carbocycles. The van der Waals surface area contributed by atoms with Gasteiger partial charge in [0.25, 0.3) is 11.8 Å². The zero-order chi connectivity index (χ0) is 9.68. The number of hydrogen-bond acceptors (Lipinski definition) is 2. The molecule has 1 radical (unpaired) electrons. The van der Waals surface area contributed by atoms with E-state index in [-0.39, 0.29) is 11.8 Å². The molecule has 0 fully saturated rings. The summed E-state index contributed by atoms with van der Waals surface area (Å²) < 4.78 is 0. The number of unbranched alkanes of at least 4 members (excludes halogenated alkanes) is 2. The topological polar surface area (TPSA) is 37.4 Å². The molecule has 1 heterocycles. The number of carbonyl (C=O) groups excluding carboxylic acids is 2. The summed E-state index contributed by atoms with van der Waals surface area (Å²) in [4.78, 5) is 23.4. The predicted octanol–water partition coefficient (Wildman–Crippen LogP) is 1.28. The number of rotatable bonds is 5. The van der Waals surface area contributed by atoms with Gasteiger partial charge >= 0.3 is 0 Å². The number of hydrogen-bond donors (Lipinski definition) is 0. The second-order valence-corrected chi connectivity index (χ2v) is 3.33. The Hall–Kier alpha value is -0.770. The van der Waals surface area contributed by atoms with E-state index in [0.29, 0.717) is 6.54 Å². The summed E-state index contributed by atoms with van der Waals surface area (Å²) in [6, 6.07) is 0. The van der Waals surface area contributed by atoms with E-state index in [9.17, 15) is 9.59 Å². The Morgan fingerprint density at radius 1 is 1.08 bits per heavy atom. The van der Waals surface area contributed by atoms with Crippen molar-refractivity contribution < 1.29 is 9.59 Å². The van der Waals surface area contributed by atoms with Crippen LogP contribution < -0.4 is 0 Å². The predicted molar refractivity (Wildman–Crippen MR) is 52.2 cm³/mol. The smallest absolute Gasteiger partial charge is 0.253 e. The zero-order valence-corrected chi connectivity index (χ0v) is 8.18. The molecule has 0 aromatic carbocycles. The Labute approximate surface area is 83.2 Å². The van der Waals surface area contributed by atoms with Crippen molar-refractivity contribution in [1.82, 2.24) is 4.90 Å². The van der Waals surface area contributed by atoms with E-state index >= 15 is 0 Å². The van der Waals surface area contributed by atoms with Gasteiger partial charge in [0.15, 0.2) is 0 Å². The molecule has 1 rings (SSSR count). The molecule has 0 N–H and O–H groups in total. The first-order valence-electron chi connectivity index (χ1n) is 4.37. The minimum Gasteiger partial charge on any atom is -0.275 e. The van der Waals surface area contributed by atoms with Crippen molar-refractivity contribution in [2.45, 2.75) is 19.3 Å². The highest BCUT2D eigenvalue weighted by atomic mass is 32.1. The van der Waals surface area contributed by atoms with Crippen LogP contribution in [-0.2, 0) is 9.59 Å². The highest BCUT2D eigenvalue weighted by Gasteiger charge is 2.21. The summed E-state index contributed by atoms with van der Waals surface area (Å²) in [6.07, 6.45) is 5.46. The molecule has 0 unspecified atom stereocenters. The van der Waals surface area contributed by atoms with Gasteiger partial charge in [-0.3, -0.25) is 14.5 Å². The molecule has 0 saturated heterocycles. The van der Waals surface area contributed by atoms with Crippen LogP contribution in [0.25, 0.3) is 0 Å². The van der Waals surface area contributed by atoms with Crippen molar-refractivity contribution in [3.8, 4) is 0 Å². The first kappa shape index (κ1) is 10.3. The maximum absolute atomic E-state index is 11.0. The van der Waals surface area contributed by atoms with Crippen LogP contribution in [0.4, 0.5) is 0 Å². The molecule has 0 saturated carbocycles. The van der Waals surface area contributed by atoms with E-state index in [1.165, 1.54) is 17.1 Å². The molecule has 0 spiro atoms. The van der Waals surface area contributed by atoms with Crippen molar-refractivity contribution in [3.63, 3.8) is 0 Å². The van der Waals surface area contributed by atoms with Crippen LogP contribution in [0.1, 0.15) is 19.3 Å². The number of amides is 2. The van der Waals surface area contributed by atoms with Gasteiger partial charge in [-0.1, -0.05) is 19.0 Å². The Balaban J connectivity index is 2.22. The van der Waals surface area contributed by atoms with Gasteiger partial charge in [0.05, 0.1) is 0 Å².